The number of hydrogen-bond acceptors (Lipinski definition) is 3. The smallest absolute Gasteiger partial charge is 0.239 e. The fourth-order valence-corrected chi connectivity index (χ4v) is 3.49. The Labute approximate surface area is 133 Å². The Hall–Kier alpha value is -1.39. The maximum atomic E-state index is 12.3. The molecule has 22 heavy (non-hydrogen) atoms. The largest absolute Gasteiger partial charge is 0.373 e. The summed E-state index contributed by atoms with van der Waals surface area (Å²) in [4.78, 5) is 16.5. The third-order valence-electron chi connectivity index (χ3n) is 4.88. The second-order valence-corrected chi connectivity index (χ2v) is 6.45. The van der Waals surface area contributed by atoms with Crippen LogP contribution in [-0.4, -0.2) is 54.5 Å². The summed E-state index contributed by atoms with van der Waals surface area (Å²) in [6.45, 7) is 3.55. The molecular formula is C18H26N2O2. The minimum atomic E-state index is 0.105. The summed E-state index contributed by atoms with van der Waals surface area (Å²) in [6, 6.07) is 10.4. The first-order valence-corrected chi connectivity index (χ1v) is 8.38. The summed E-state index contributed by atoms with van der Waals surface area (Å²) in [7, 11) is 1.92. The number of benzene rings is 1. The molecule has 0 saturated carbocycles. The van der Waals surface area contributed by atoms with E-state index in [4.69, 9.17) is 4.74 Å². The summed E-state index contributed by atoms with van der Waals surface area (Å²) < 4.78 is 6.03. The minimum Gasteiger partial charge on any atom is -0.373 e. The number of carbonyl (C=O) groups is 1. The van der Waals surface area contributed by atoms with Gasteiger partial charge in [0, 0.05) is 26.7 Å². The van der Waals surface area contributed by atoms with E-state index in [1.807, 2.05) is 30.1 Å². The van der Waals surface area contributed by atoms with Crippen molar-refractivity contribution >= 4 is 5.91 Å². The highest BCUT2D eigenvalue weighted by molar-refractivity contribution is 5.82. The lowest BCUT2D eigenvalue weighted by atomic mass is 9.99. The van der Waals surface area contributed by atoms with Crippen molar-refractivity contribution in [3.05, 3.63) is 35.9 Å². The molecule has 2 heterocycles. The van der Waals surface area contributed by atoms with Gasteiger partial charge in [0.25, 0.3) is 0 Å². The molecule has 1 aromatic rings. The van der Waals surface area contributed by atoms with E-state index in [0.29, 0.717) is 18.6 Å². The van der Waals surface area contributed by atoms with Crippen LogP contribution >= 0.6 is 0 Å². The van der Waals surface area contributed by atoms with Crippen molar-refractivity contribution in [2.24, 2.45) is 0 Å². The van der Waals surface area contributed by atoms with Crippen molar-refractivity contribution in [1.29, 1.82) is 0 Å². The molecule has 0 unspecified atom stereocenters. The van der Waals surface area contributed by atoms with Crippen LogP contribution in [0.3, 0.4) is 0 Å². The quantitative estimate of drug-likeness (QED) is 0.855. The van der Waals surface area contributed by atoms with Crippen LogP contribution in [0.4, 0.5) is 0 Å². The zero-order valence-electron chi connectivity index (χ0n) is 13.4. The molecule has 3 rings (SSSR count). The fourth-order valence-electron chi connectivity index (χ4n) is 3.49. The van der Waals surface area contributed by atoms with E-state index in [0.717, 1.165) is 45.3 Å². The van der Waals surface area contributed by atoms with Gasteiger partial charge < -0.3 is 9.64 Å². The lowest BCUT2D eigenvalue weighted by Gasteiger charge is -2.40. The molecule has 4 nitrogen and oxygen atoms in total. The van der Waals surface area contributed by atoms with Crippen LogP contribution in [0.2, 0.25) is 0 Å². The third-order valence-corrected chi connectivity index (χ3v) is 4.88. The van der Waals surface area contributed by atoms with Crippen LogP contribution in [0.5, 0.6) is 0 Å². The number of likely N-dealkylation sites (tertiary alicyclic amines) is 2. The monoisotopic (exact) mass is 302 g/mol. The van der Waals surface area contributed by atoms with Crippen LogP contribution < -0.4 is 0 Å². The van der Waals surface area contributed by atoms with Gasteiger partial charge in [0.15, 0.2) is 0 Å². The highest BCUT2D eigenvalue weighted by atomic mass is 16.5. The second-order valence-electron chi connectivity index (χ2n) is 6.45. The number of nitrogens with zero attached hydrogens (tertiary/aromatic N) is 2. The SMILES string of the molecule is CN1CCC[C@@H](N2CCC(OCc3ccccc3)CC2)C1=O. The Morgan fingerprint density at radius 3 is 2.55 bits per heavy atom. The van der Waals surface area contributed by atoms with Crippen molar-refractivity contribution in [3.8, 4) is 0 Å². The first-order valence-electron chi connectivity index (χ1n) is 8.38. The molecule has 0 N–H and O–H groups in total. The topological polar surface area (TPSA) is 32.8 Å². The number of hydrogen-bond donors (Lipinski definition) is 0. The molecule has 0 aliphatic carbocycles. The Morgan fingerprint density at radius 2 is 1.82 bits per heavy atom. The minimum absolute atomic E-state index is 0.105. The highest BCUT2D eigenvalue weighted by Crippen LogP contribution is 2.22. The maximum Gasteiger partial charge on any atom is 0.239 e. The normalized spacial score (nSPS) is 24.7. The van der Waals surface area contributed by atoms with E-state index in [-0.39, 0.29) is 6.04 Å². The molecule has 1 aromatic carbocycles. The molecule has 0 radical (unpaired) electrons. The van der Waals surface area contributed by atoms with Gasteiger partial charge in [-0.2, -0.15) is 0 Å². The maximum absolute atomic E-state index is 12.3. The highest BCUT2D eigenvalue weighted by Gasteiger charge is 2.33. The Kier molecular flexibility index (Phi) is 5.11. The third kappa shape index (κ3) is 3.68. The molecule has 2 aliphatic rings. The molecule has 2 fully saturated rings. The Balaban J connectivity index is 1.45. The van der Waals surface area contributed by atoms with Crippen molar-refractivity contribution < 1.29 is 9.53 Å². The summed E-state index contributed by atoms with van der Waals surface area (Å²) >= 11 is 0. The summed E-state index contributed by atoms with van der Waals surface area (Å²) in [5.74, 6) is 0.301. The van der Waals surface area contributed by atoms with Gasteiger partial charge in [0.05, 0.1) is 18.8 Å². The van der Waals surface area contributed by atoms with E-state index >= 15 is 0 Å². The number of amides is 1. The first kappa shape index (κ1) is 15.5. The van der Waals surface area contributed by atoms with E-state index < -0.39 is 0 Å². The van der Waals surface area contributed by atoms with Gasteiger partial charge in [-0.25, -0.2) is 0 Å². The van der Waals surface area contributed by atoms with Gasteiger partial charge in [0.2, 0.25) is 5.91 Å². The van der Waals surface area contributed by atoms with Crippen molar-refractivity contribution in [2.75, 3.05) is 26.7 Å². The van der Waals surface area contributed by atoms with Gasteiger partial charge >= 0.3 is 0 Å². The lowest BCUT2D eigenvalue weighted by molar-refractivity contribution is -0.140. The molecule has 2 aliphatic heterocycles. The number of piperidine rings is 2. The molecule has 4 heteroatoms. The average Bonchev–Trinajstić information content (AvgIpc) is 2.57. The summed E-state index contributed by atoms with van der Waals surface area (Å²) in [6.07, 6.45) is 4.52. The predicted molar refractivity (Wildman–Crippen MR) is 86.5 cm³/mol. The first-order chi connectivity index (χ1) is 10.7. The summed E-state index contributed by atoms with van der Waals surface area (Å²) in [5.41, 5.74) is 1.23. The average molecular weight is 302 g/mol. The molecular weight excluding hydrogens is 276 g/mol. The Bertz CT molecular complexity index is 483. The van der Waals surface area contributed by atoms with Gasteiger partial charge in [-0.1, -0.05) is 30.3 Å². The van der Waals surface area contributed by atoms with Gasteiger partial charge in [-0.15, -0.1) is 0 Å². The summed E-state index contributed by atoms with van der Waals surface area (Å²) in [5, 5.41) is 0. The number of ether oxygens (including phenoxy) is 1. The molecule has 120 valence electrons. The predicted octanol–water partition coefficient (Wildman–Crippen LogP) is 2.29. The van der Waals surface area contributed by atoms with E-state index in [9.17, 15) is 4.79 Å². The number of rotatable bonds is 4. The van der Waals surface area contributed by atoms with Gasteiger partial charge in [0.1, 0.15) is 0 Å². The fraction of sp³-hybridized carbons (Fsp3) is 0.611. The number of likely N-dealkylation sites (N-methyl/N-ethyl adjacent to an activating group) is 1. The van der Waals surface area contributed by atoms with Crippen LogP contribution in [-0.2, 0) is 16.1 Å². The van der Waals surface area contributed by atoms with Gasteiger partial charge in [-0.05, 0) is 31.2 Å². The Morgan fingerprint density at radius 1 is 1.09 bits per heavy atom. The van der Waals surface area contributed by atoms with Crippen LogP contribution in [0.1, 0.15) is 31.2 Å². The molecule has 0 aromatic heterocycles. The number of carbonyl (C=O) groups excluding carboxylic acids is 1. The zero-order valence-corrected chi connectivity index (χ0v) is 13.4. The second kappa shape index (κ2) is 7.25. The lowest BCUT2D eigenvalue weighted by Crippen LogP contribution is -2.53. The van der Waals surface area contributed by atoms with E-state index in [2.05, 4.69) is 17.0 Å². The van der Waals surface area contributed by atoms with E-state index in [1.54, 1.807) is 0 Å². The molecule has 2 saturated heterocycles. The standard InChI is InChI=1S/C18H26N2O2/c1-19-11-5-8-17(18(19)21)20-12-9-16(10-13-20)22-14-15-6-3-2-4-7-15/h2-4,6-7,16-17H,5,8-14H2,1H3/t17-/m1/s1. The van der Waals surface area contributed by atoms with Crippen LogP contribution in [0.25, 0.3) is 0 Å². The molecule has 0 spiro atoms. The molecule has 0 bridgehead atoms. The van der Waals surface area contributed by atoms with Crippen LogP contribution in [0.15, 0.2) is 30.3 Å². The van der Waals surface area contributed by atoms with E-state index in [1.165, 1.54) is 5.56 Å². The van der Waals surface area contributed by atoms with Crippen LogP contribution in [0, 0.1) is 0 Å². The zero-order chi connectivity index (χ0) is 15.4. The molecule has 1 amide bonds. The molecule has 1 atom stereocenters. The van der Waals surface area contributed by atoms with Crippen molar-refractivity contribution in [3.63, 3.8) is 0 Å². The van der Waals surface area contributed by atoms with Crippen molar-refractivity contribution in [1.82, 2.24) is 9.80 Å². The van der Waals surface area contributed by atoms with Crippen molar-refractivity contribution in [2.45, 2.75) is 44.4 Å². The van der Waals surface area contributed by atoms with Gasteiger partial charge in [-0.3, -0.25) is 9.69 Å².